The second-order valence-corrected chi connectivity index (χ2v) is 9.51. The van der Waals surface area contributed by atoms with Crippen LogP contribution in [0.2, 0.25) is 0 Å². The number of benzene rings is 1. The third-order valence-corrected chi connectivity index (χ3v) is 7.53. The summed E-state index contributed by atoms with van der Waals surface area (Å²) in [4.78, 5) is 16.8. The van der Waals surface area contributed by atoms with Crippen LogP contribution in [0.5, 0.6) is 11.5 Å². The third-order valence-electron chi connectivity index (χ3n) is 4.71. The monoisotopic (exact) mass is 420 g/mol. The lowest BCUT2D eigenvalue weighted by Gasteiger charge is -2.25. The fraction of sp³-hybridized carbons (Fsp3) is 0.368. The van der Waals surface area contributed by atoms with Gasteiger partial charge in [-0.3, -0.25) is 4.79 Å². The first kappa shape index (κ1) is 19.2. The largest absolute Gasteiger partial charge is 0.454 e. The molecule has 2 aliphatic rings. The van der Waals surface area contributed by atoms with Gasteiger partial charge in [0.15, 0.2) is 17.3 Å². The number of sulfonamides is 1. The lowest BCUT2D eigenvalue weighted by Crippen LogP contribution is -2.35. The molecule has 1 aromatic heterocycles. The van der Waals surface area contributed by atoms with Gasteiger partial charge in [-0.2, -0.15) is 4.31 Å². The summed E-state index contributed by atoms with van der Waals surface area (Å²) >= 11 is 1.27. The Balaban J connectivity index is 1.38. The predicted molar refractivity (Wildman–Crippen MR) is 104 cm³/mol. The Morgan fingerprint density at radius 1 is 1.07 bits per heavy atom. The Hall–Kier alpha value is -2.10. The number of carbonyl (C=O) groups is 1. The van der Waals surface area contributed by atoms with Crippen molar-refractivity contribution < 1.29 is 22.7 Å². The van der Waals surface area contributed by atoms with Gasteiger partial charge in [0.05, 0.1) is 10.8 Å². The van der Waals surface area contributed by atoms with E-state index in [1.54, 1.807) is 30.3 Å². The topological polar surface area (TPSA) is 85.8 Å². The summed E-state index contributed by atoms with van der Waals surface area (Å²) in [6.45, 7) is 1.28. The fourth-order valence-electron chi connectivity index (χ4n) is 3.15. The summed E-state index contributed by atoms with van der Waals surface area (Å²) in [6.07, 6.45) is 4.22. The number of thioether (sulfide) groups is 1. The standard InChI is InChI=1S/C19H20N2O5S2/c22-16(14-4-6-17-18(10-14)26-13-25-17)12-27-19-7-5-15(11-20-19)28(23,24)21-8-2-1-3-9-21/h4-7,10-11H,1-3,8-9,12-13H2. The summed E-state index contributed by atoms with van der Waals surface area (Å²) in [5, 5.41) is 0.603. The molecule has 0 saturated carbocycles. The van der Waals surface area contributed by atoms with Crippen molar-refractivity contribution in [1.82, 2.24) is 9.29 Å². The number of carbonyl (C=O) groups excluding carboxylic acids is 1. The smallest absolute Gasteiger partial charge is 0.244 e. The fourth-order valence-corrected chi connectivity index (χ4v) is 5.35. The van der Waals surface area contributed by atoms with Crippen LogP contribution in [0.3, 0.4) is 0 Å². The predicted octanol–water partition coefficient (Wildman–Crippen LogP) is 2.96. The zero-order valence-electron chi connectivity index (χ0n) is 15.2. The van der Waals surface area contributed by atoms with Gasteiger partial charge in [0.25, 0.3) is 0 Å². The number of ketones is 1. The van der Waals surface area contributed by atoms with Crippen LogP contribution in [0, 0.1) is 0 Å². The molecule has 0 radical (unpaired) electrons. The molecular weight excluding hydrogens is 400 g/mol. The number of ether oxygens (including phenoxy) is 2. The van der Waals surface area contributed by atoms with Crippen molar-refractivity contribution in [3.8, 4) is 11.5 Å². The zero-order chi connectivity index (χ0) is 19.6. The molecular formula is C19H20N2O5S2. The van der Waals surface area contributed by atoms with Crippen molar-refractivity contribution in [2.75, 3.05) is 25.6 Å². The summed E-state index contributed by atoms with van der Waals surface area (Å²) in [6, 6.07) is 8.31. The van der Waals surface area contributed by atoms with Crippen molar-refractivity contribution in [3.05, 3.63) is 42.1 Å². The molecule has 4 rings (SSSR count). The number of nitrogens with zero attached hydrogens (tertiary/aromatic N) is 2. The summed E-state index contributed by atoms with van der Waals surface area (Å²) in [5.41, 5.74) is 0.543. The minimum absolute atomic E-state index is 0.0601. The molecule has 0 unspecified atom stereocenters. The first-order valence-corrected chi connectivity index (χ1v) is 11.5. The van der Waals surface area contributed by atoms with E-state index < -0.39 is 10.0 Å². The first-order valence-electron chi connectivity index (χ1n) is 9.06. The number of fused-ring (bicyclic) bond motifs is 1. The van der Waals surface area contributed by atoms with Crippen molar-refractivity contribution >= 4 is 27.6 Å². The van der Waals surface area contributed by atoms with E-state index in [1.165, 1.54) is 22.3 Å². The molecule has 0 bridgehead atoms. The SMILES string of the molecule is O=C(CSc1ccc(S(=O)(=O)N2CCCCC2)cn1)c1ccc2c(c1)OCO2. The van der Waals surface area contributed by atoms with Gasteiger partial charge in [0.1, 0.15) is 4.90 Å². The van der Waals surface area contributed by atoms with Crippen LogP contribution in [0.1, 0.15) is 29.6 Å². The number of hydrogen-bond donors (Lipinski definition) is 0. The number of piperidine rings is 1. The van der Waals surface area contributed by atoms with E-state index in [1.807, 2.05) is 0 Å². The van der Waals surface area contributed by atoms with Gasteiger partial charge < -0.3 is 9.47 Å². The normalized spacial score (nSPS) is 16.9. The summed E-state index contributed by atoms with van der Waals surface area (Å²) in [7, 11) is -3.49. The van der Waals surface area contributed by atoms with Crippen molar-refractivity contribution in [2.24, 2.45) is 0 Å². The number of rotatable bonds is 6. The highest BCUT2D eigenvalue weighted by Gasteiger charge is 2.26. The second kappa shape index (κ2) is 8.10. The molecule has 2 aromatic rings. The van der Waals surface area contributed by atoms with Crippen LogP contribution >= 0.6 is 11.8 Å². The molecule has 0 aliphatic carbocycles. The molecule has 1 saturated heterocycles. The van der Waals surface area contributed by atoms with Crippen LogP contribution in [-0.4, -0.2) is 49.1 Å². The molecule has 28 heavy (non-hydrogen) atoms. The van der Waals surface area contributed by atoms with Crippen molar-refractivity contribution in [2.45, 2.75) is 29.2 Å². The molecule has 1 fully saturated rings. The van der Waals surface area contributed by atoms with Gasteiger partial charge in [0, 0.05) is 24.8 Å². The highest BCUT2D eigenvalue weighted by molar-refractivity contribution is 7.99. The lowest BCUT2D eigenvalue weighted by atomic mass is 10.1. The molecule has 2 aliphatic heterocycles. The van der Waals surface area contributed by atoms with Gasteiger partial charge in [0.2, 0.25) is 16.8 Å². The average Bonchev–Trinajstić information content (AvgIpc) is 3.21. The summed E-state index contributed by atoms with van der Waals surface area (Å²) in [5.74, 6) is 1.35. The average molecular weight is 421 g/mol. The Morgan fingerprint density at radius 3 is 2.61 bits per heavy atom. The Kier molecular flexibility index (Phi) is 5.56. The van der Waals surface area contributed by atoms with E-state index in [2.05, 4.69) is 4.98 Å². The van der Waals surface area contributed by atoms with E-state index in [-0.39, 0.29) is 23.2 Å². The van der Waals surface area contributed by atoms with Crippen LogP contribution in [-0.2, 0) is 10.0 Å². The maximum atomic E-state index is 12.6. The lowest BCUT2D eigenvalue weighted by molar-refractivity contribution is 0.102. The van der Waals surface area contributed by atoms with Gasteiger partial charge in [-0.1, -0.05) is 18.2 Å². The Bertz CT molecular complexity index is 970. The van der Waals surface area contributed by atoms with E-state index in [0.717, 1.165) is 19.3 Å². The quantitative estimate of drug-likeness (QED) is 0.525. The molecule has 7 nitrogen and oxygen atoms in total. The van der Waals surface area contributed by atoms with E-state index in [4.69, 9.17) is 9.47 Å². The molecule has 3 heterocycles. The minimum Gasteiger partial charge on any atom is -0.454 e. The van der Waals surface area contributed by atoms with E-state index in [0.29, 0.717) is 35.2 Å². The molecule has 148 valence electrons. The number of pyridine rings is 1. The van der Waals surface area contributed by atoms with Crippen molar-refractivity contribution in [3.63, 3.8) is 0 Å². The van der Waals surface area contributed by atoms with Gasteiger partial charge in [-0.05, 0) is 43.2 Å². The Labute approximate surface area is 168 Å². The maximum Gasteiger partial charge on any atom is 0.244 e. The maximum absolute atomic E-state index is 12.6. The zero-order valence-corrected chi connectivity index (χ0v) is 16.8. The van der Waals surface area contributed by atoms with Gasteiger partial charge in [-0.15, -0.1) is 0 Å². The van der Waals surface area contributed by atoms with Crippen LogP contribution in [0.4, 0.5) is 0 Å². The number of Topliss-reactive ketones (excluding diaryl/α,β-unsaturated/α-hetero) is 1. The van der Waals surface area contributed by atoms with Crippen molar-refractivity contribution in [1.29, 1.82) is 0 Å². The van der Waals surface area contributed by atoms with Crippen LogP contribution < -0.4 is 9.47 Å². The van der Waals surface area contributed by atoms with Crippen LogP contribution in [0.25, 0.3) is 0 Å². The molecule has 9 heteroatoms. The highest BCUT2D eigenvalue weighted by atomic mass is 32.2. The van der Waals surface area contributed by atoms with Gasteiger partial charge >= 0.3 is 0 Å². The first-order chi connectivity index (χ1) is 13.5. The summed E-state index contributed by atoms with van der Waals surface area (Å²) < 4.78 is 37.3. The molecule has 0 atom stereocenters. The Morgan fingerprint density at radius 2 is 1.86 bits per heavy atom. The molecule has 0 N–H and O–H groups in total. The van der Waals surface area contributed by atoms with E-state index >= 15 is 0 Å². The molecule has 0 spiro atoms. The third kappa shape index (κ3) is 4.01. The molecule has 1 aromatic carbocycles. The van der Waals surface area contributed by atoms with Gasteiger partial charge in [-0.25, -0.2) is 13.4 Å². The number of aromatic nitrogens is 1. The van der Waals surface area contributed by atoms with E-state index in [9.17, 15) is 13.2 Å². The second-order valence-electron chi connectivity index (χ2n) is 6.58. The number of hydrogen-bond acceptors (Lipinski definition) is 7. The molecule has 0 amide bonds. The minimum atomic E-state index is -3.49. The highest BCUT2D eigenvalue weighted by Crippen LogP contribution is 2.33. The van der Waals surface area contributed by atoms with Crippen LogP contribution in [0.15, 0.2) is 46.5 Å².